The van der Waals surface area contributed by atoms with E-state index in [1.54, 1.807) is 30.2 Å². The number of carbonyl (C=O) groups is 3. The van der Waals surface area contributed by atoms with Gasteiger partial charge in [-0.3, -0.25) is 19.3 Å². The summed E-state index contributed by atoms with van der Waals surface area (Å²) in [6, 6.07) is 13.9. The van der Waals surface area contributed by atoms with Crippen LogP contribution in [0.2, 0.25) is 0 Å². The number of hydrogen-bond acceptors (Lipinski definition) is 6. The van der Waals surface area contributed by atoms with Crippen LogP contribution in [0.3, 0.4) is 0 Å². The van der Waals surface area contributed by atoms with E-state index in [4.69, 9.17) is 9.47 Å². The highest BCUT2D eigenvalue weighted by Crippen LogP contribution is 2.38. The van der Waals surface area contributed by atoms with Crippen molar-refractivity contribution in [1.29, 1.82) is 0 Å². The molecule has 0 aliphatic carbocycles. The predicted molar refractivity (Wildman–Crippen MR) is 123 cm³/mol. The Morgan fingerprint density at radius 2 is 1.79 bits per heavy atom. The number of ketones is 2. The Balaban J connectivity index is 1.60. The van der Waals surface area contributed by atoms with Gasteiger partial charge in [0.05, 0.1) is 26.4 Å². The lowest BCUT2D eigenvalue weighted by atomic mass is 9.85. The first-order valence-corrected chi connectivity index (χ1v) is 11.4. The van der Waals surface area contributed by atoms with Crippen LogP contribution in [0.4, 0.5) is 0 Å². The number of amides is 1. The number of methoxy groups -OCH3 is 1. The summed E-state index contributed by atoms with van der Waals surface area (Å²) in [5.41, 5.74) is 1.96. The summed E-state index contributed by atoms with van der Waals surface area (Å²) in [5, 5.41) is 0. The lowest BCUT2D eigenvalue weighted by Crippen LogP contribution is -2.39. The molecular formula is C26H30N2O5. The Hall–Kier alpha value is -3.03. The maximum absolute atomic E-state index is 13.6. The van der Waals surface area contributed by atoms with Gasteiger partial charge in [0, 0.05) is 31.7 Å². The molecule has 2 saturated heterocycles. The van der Waals surface area contributed by atoms with E-state index < -0.39 is 23.7 Å². The Kier molecular flexibility index (Phi) is 7.20. The molecule has 0 spiro atoms. The van der Waals surface area contributed by atoms with Crippen LogP contribution >= 0.6 is 0 Å². The number of likely N-dealkylation sites (tertiary alicyclic amines) is 1. The van der Waals surface area contributed by atoms with E-state index in [1.807, 2.05) is 37.3 Å². The topological polar surface area (TPSA) is 76.2 Å². The monoisotopic (exact) mass is 450 g/mol. The highest BCUT2D eigenvalue weighted by Gasteiger charge is 2.51. The zero-order valence-electron chi connectivity index (χ0n) is 19.2. The molecule has 1 amide bonds. The number of benzene rings is 2. The molecule has 2 fully saturated rings. The highest BCUT2D eigenvalue weighted by atomic mass is 16.5. The maximum atomic E-state index is 13.6. The first-order chi connectivity index (χ1) is 16.0. The van der Waals surface area contributed by atoms with Gasteiger partial charge in [-0.1, -0.05) is 30.3 Å². The molecule has 0 radical (unpaired) electrons. The second kappa shape index (κ2) is 10.3. The maximum Gasteiger partial charge on any atom is 0.291 e. The van der Waals surface area contributed by atoms with Crippen molar-refractivity contribution < 1.29 is 23.9 Å². The van der Waals surface area contributed by atoms with Gasteiger partial charge < -0.3 is 14.4 Å². The molecule has 4 rings (SSSR count). The number of ether oxygens (including phenoxy) is 2. The Morgan fingerprint density at radius 3 is 2.45 bits per heavy atom. The number of Topliss-reactive ketones (excluding diaryl/α,β-unsaturated/α-hetero) is 2. The molecule has 2 aromatic carbocycles. The third-order valence-electron chi connectivity index (χ3n) is 6.51. The van der Waals surface area contributed by atoms with Gasteiger partial charge in [-0.2, -0.15) is 0 Å². The van der Waals surface area contributed by atoms with Gasteiger partial charge in [-0.05, 0) is 42.7 Å². The van der Waals surface area contributed by atoms with Crippen molar-refractivity contribution in [2.45, 2.75) is 19.4 Å². The number of carbonyl (C=O) groups excluding carboxylic acids is 3. The lowest BCUT2D eigenvalue weighted by molar-refractivity contribution is -0.140. The Labute approximate surface area is 194 Å². The normalized spacial score (nSPS) is 21.5. The van der Waals surface area contributed by atoms with Crippen molar-refractivity contribution >= 4 is 17.5 Å². The van der Waals surface area contributed by atoms with Gasteiger partial charge in [-0.25, -0.2) is 0 Å². The van der Waals surface area contributed by atoms with Crippen LogP contribution in [0.25, 0.3) is 0 Å². The lowest BCUT2D eigenvalue weighted by Gasteiger charge is -2.30. The molecule has 7 heteroatoms. The summed E-state index contributed by atoms with van der Waals surface area (Å²) in [6.07, 6.45) is 0.727. The molecule has 2 aliphatic heterocycles. The van der Waals surface area contributed by atoms with E-state index in [1.165, 1.54) is 0 Å². The third-order valence-corrected chi connectivity index (χ3v) is 6.51. The average molecular weight is 451 g/mol. The van der Waals surface area contributed by atoms with Crippen LogP contribution in [0.1, 0.15) is 33.9 Å². The smallest absolute Gasteiger partial charge is 0.291 e. The second-order valence-electron chi connectivity index (χ2n) is 8.55. The Morgan fingerprint density at radius 1 is 1.06 bits per heavy atom. The van der Waals surface area contributed by atoms with Crippen LogP contribution in [0.15, 0.2) is 48.5 Å². The number of hydrogen-bond donors (Lipinski definition) is 0. The quantitative estimate of drug-likeness (QED) is 0.350. The van der Waals surface area contributed by atoms with Crippen molar-refractivity contribution in [3.63, 3.8) is 0 Å². The minimum atomic E-state index is -1.06. The molecule has 7 nitrogen and oxygen atoms in total. The minimum Gasteiger partial charge on any atom is -0.497 e. The third kappa shape index (κ3) is 4.84. The van der Waals surface area contributed by atoms with Crippen molar-refractivity contribution in [2.24, 2.45) is 5.92 Å². The fraction of sp³-hybridized carbons (Fsp3) is 0.423. The summed E-state index contributed by atoms with van der Waals surface area (Å²) >= 11 is 0. The summed E-state index contributed by atoms with van der Waals surface area (Å²) in [7, 11) is 1.57. The van der Waals surface area contributed by atoms with Crippen LogP contribution < -0.4 is 4.74 Å². The second-order valence-corrected chi connectivity index (χ2v) is 8.55. The van der Waals surface area contributed by atoms with E-state index in [0.717, 1.165) is 37.2 Å². The summed E-state index contributed by atoms with van der Waals surface area (Å²) in [6.45, 7) is 6.22. The van der Waals surface area contributed by atoms with Gasteiger partial charge in [0.25, 0.3) is 5.91 Å². The van der Waals surface area contributed by atoms with Crippen LogP contribution in [-0.2, 0) is 14.3 Å². The van der Waals surface area contributed by atoms with Crippen LogP contribution in [0, 0.1) is 12.8 Å². The van der Waals surface area contributed by atoms with E-state index >= 15 is 0 Å². The average Bonchev–Trinajstić information content (AvgIpc) is 3.10. The minimum absolute atomic E-state index is 0.321. The van der Waals surface area contributed by atoms with E-state index in [2.05, 4.69) is 4.90 Å². The summed E-state index contributed by atoms with van der Waals surface area (Å²) < 4.78 is 10.6. The molecule has 2 atom stereocenters. The standard InChI is InChI=1S/C26H30N2O5/c1-18-17-20(32-2)9-10-21(18)24(29)22-23(19-7-4-3-5-8-19)28(26(31)25(22)30)12-6-11-27-13-15-33-16-14-27/h3-5,7-10,17,22-23H,6,11-16H2,1-2H3. The number of morpholine rings is 1. The fourth-order valence-corrected chi connectivity index (χ4v) is 4.75. The number of aryl methyl sites for hydroxylation is 1. The molecule has 2 aromatic rings. The molecule has 2 aliphatic rings. The predicted octanol–water partition coefficient (Wildman–Crippen LogP) is 2.68. The van der Waals surface area contributed by atoms with E-state index in [-0.39, 0.29) is 5.78 Å². The summed E-state index contributed by atoms with van der Waals surface area (Å²) in [5.74, 6) is -1.94. The Bertz CT molecular complexity index is 1020. The summed E-state index contributed by atoms with van der Waals surface area (Å²) in [4.78, 5) is 43.7. The van der Waals surface area contributed by atoms with Crippen molar-refractivity contribution in [2.75, 3.05) is 46.5 Å². The first kappa shape index (κ1) is 23.1. The van der Waals surface area contributed by atoms with Gasteiger partial charge in [0.1, 0.15) is 11.7 Å². The van der Waals surface area contributed by atoms with Gasteiger partial charge >= 0.3 is 0 Å². The largest absolute Gasteiger partial charge is 0.497 e. The molecule has 2 unspecified atom stereocenters. The van der Waals surface area contributed by atoms with Crippen molar-refractivity contribution in [3.8, 4) is 5.75 Å². The van der Waals surface area contributed by atoms with E-state index in [0.29, 0.717) is 31.1 Å². The molecule has 2 heterocycles. The molecular weight excluding hydrogens is 420 g/mol. The molecule has 174 valence electrons. The molecule has 33 heavy (non-hydrogen) atoms. The zero-order valence-corrected chi connectivity index (χ0v) is 19.2. The fourth-order valence-electron chi connectivity index (χ4n) is 4.75. The molecule has 0 aromatic heterocycles. The van der Waals surface area contributed by atoms with Gasteiger partial charge in [0.2, 0.25) is 5.78 Å². The zero-order chi connectivity index (χ0) is 23.4. The molecule has 0 bridgehead atoms. The van der Waals surface area contributed by atoms with Crippen molar-refractivity contribution in [3.05, 3.63) is 65.2 Å². The number of rotatable bonds is 8. The van der Waals surface area contributed by atoms with Crippen molar-refractivity contribution in [1.82, 2.24) is 9.80 Å². The van der Waals surface area contributed by atoms with Crippen LogP contribution in [-0.4, -0.2) is 73.8 Å². The SMILES string of the molecule is COc1ccc(C(=O)C2C(=O)C(=O)N(CCCN3CCOCC3)C2c2ccccc2)c(C)c1. The first-order valence-electron chi connectivity index (χ1n) is 11.4. The molecule has 0 saturated carbocycles. The molecule has 0 N–H and O–H groups in total. The number of nitrogens with zero attached hydrogens (tertiary/aromatic N) is 2. The van der Waals surface area contributed by atoms with Gasteiger partial charge in [-0.15, -0.1) is 0 Å². The highest BCUT2D eigenvalue weighted by molar-refractivity contribution is 6.44. The van der Waals surface area contributed by atoms with Crippen LogP contribution in [0.5, 0.6) is 5.75 Å². The van der Waals surface area contributed by atoms with E-state index in [9.17, 15) is 14.4 Å². The van der Waals surface area contributed by atoms with Gasteiger partial charge in [0.15, 0.2) is 5.78 Å².